The van der Waals surface area contributed by atoms with E-state index in [4.69, 9.17) is 0 Å². The zero-order valence-electron chi connectivity index (χ0n) is 11.9. The summed E-state index contributed by atoms with van der Waals surface area (Å²) in [5.74, 6) is 1.74. The SMILES string of the molecule is CC1CC(C(=O)N2CCSC(C)(C)CC2)CCN1. The highest BCUT2D eigenvalue weighted by atomic mass is 32.2. The fourth-order valence-electron chi connectivity index (χ4n) is 2.86. The highest BCUT2D eigenvalue weighted by Crippen LogP contribution is 2.31. The zero-order valence-corrected chi connectivity index (χ0v) is 12.7. The molecular weight excluding hydrogens is 244 g/mol. The van der Waals surface area contributed by atoms with Gasteiger partial charge in [-0.15, -0.1) is 0 Å². The van der Waals surface area contributed by atoms with Crippen molar-refractivity contribution >= 4 is 17.7 Å². The van der Waals surface area contributed by atoms with E-state index in [1.165, 1.54) is 0 Å². The third-order valence-corrected chi connectivity index (χ3v) is 5.49. The molecule has 0 spiro atoms. The minimum absolute atomic E-state index is 0.257. The Morgan fingerprint density at radius 3 is 2.89 bits per heavy atom. The summed E-state index contributed by atoms with van der Waals surface area (Å²) in [7, 11) is 0. The van der Waals surface area contributed by atoms with Gasteiger partial charge in [0.05, 0.1) is 0 Å². The maximum atomic E-state index is 12.6. The lowest BCUT2D eigenvalue weighted by atomic mass is 9.92. The molecule has 2 fully saturated rings. The Bertz CT molecular complexity index is 306. The van der Waals surface area contributed by atoms with E-state index in [-0.39, 0.29) is 5.92 Å². The van der Waals surface area contributed by atoms with Crippen LogP contribution in [-0.4, -0.2) is 47.0 Å². The quantitative estimate of drug-likeness (QED) is 0.792. The monoisotopic (exact) mass is 270 g/mol. The lowest BCUT2D eigenvalue weighted by Crippen LogP contribution is -2.45. The van der Waals surface area contributed by atoms with Crippen LogP contribution in [0, 0.1) is 5.92 Å². The summed E-state index contributed by atoms with van der Waals surface area (Å²) in [6, 6.07) is 0.491. The molecule has 2 rings (SSSR count). The van der Waals surface area contributed by atoms with Crippen LogP contribution in [0.4, 0.5) is 0 Å². The van der Waals surface area contributed by atoms with Crippen LogP contribution in [0.3, 0.4) is 0 Å². The summed E-state index contributed by atoms with van der Waals surface area (Å²) >= 11 is 2.00. The van der Waals surface area contributed by atoms with Crippen LogP contribution in [0.2, 0.25) is 0 Å². The predicted octanol–water partition coefficient (Wildman–Crippen LogP) is 2.12. The molecule has 2 aliphatic rings. The Balaban J connectivity index is 1.92. The second kappa shape index (κ2) is 5.83. The lowest BCUT2D eigenvalue weighted by Gasteiger charge is -2.31. The van der Waals surface area contributed by atoms with E-state index in [1.54, 1.807) is 0 Å². The first-order chi connectivity index (χ1) is 8.48. The Morgan fingerprint density at radius 2 is 2.17 bits per heavy atom. The van der Waals surface area contributed by atoms with Gasteiger partial charge in [0.1, 0.15) is 0 Å². The second-order valence-electron chi connectivity index (χ2n) is 6.26. The van der Waals surface area contributed by atoms with Crippen molar-refractivity contribution in [1.82, 2.24) is 10.2 Å². The Kier molecular flexibility index (Phi) is 4.59. The normalized spacial score (nSPS) is 32.9. The average Bonchev–Trinajstić information content (AvgIpc) is 2.49. The van der Waals surface area contributed by atoms with E-state index in [1.807, 2.05) is 11.8 Å². The van der Waals surface area contributed by atoms with Crippen molar-refractivity contribution in [3.8, 4) is 0 Å². The molecular formula is C14H26N2OS. The maximum absolute atomic E-state index is 12.6. The summed E-state index contributed by atoms with van der Waals surface area (Å²) in [5.41, 5.74) is 0. The molecule has 0 aliphatic carbocycles. The van der Waals surface area contributed by atoms with Crippen molar-refractivity contribution < 1.29 is 4.79 Å². The molecule has 1 N–H and O–H groups in total. The highest BCUT2D eigenvalue weighted by Gasteiger charge is 2.31. The Morgan fingerprint density at radius 1 is 1.39 bits per heavy atom. The van der Waals surface area contributed by atoms with E-state index in [2.05, 4.69) is 31.0 Å². The zero-order chi connectivity index (χ0) is 13.2. The number of carbonyl (C=O) groups excluding carboxylic acids is 1. The molecule has 0 aromatic carbocycles. The van der Waals surface area contributed by atoms with Crippen molar-refractivity contribution in [2.75, 3.05) is 25.4 Å². The molecule has 0 saturated carbocycles. The van der Waals surface area contributed by atoms with E-state index in [0.29, 0.717) is 16.7 Å². The van der Waals surface area contributed by atoms with Gasteiger partial charge in [-0.3, -0.25) is 4.79 Å². The Labute approximate surface area is 115 Å². The second-order valence-corrected chi connectivity index (χ2v) is 8.06. The smallest absolute Gasteiger partial charge is 0.225 e. The van der Waals surface area contributed by atoms with E-state index in [9.17, 15) is 4.79 Å². The fraction of sp³-hybridized carbons (Fsp3) is 0.929. The molecule has 2 saturated heterocycles. The maximum Gasteiger partial charge on any atom is 0.225 e. The summed E-state index contributed by atoms with van der Waals surface area (Å²) in [6.07, 6.45) is 3.13. The van der Waals surface area contributed by atoms with E-state index >= 15 is 0 Å². The van der Waals surface area contributed by atoms with Gasteiger partial charge < -0.3 is 10.2 Å². The van der Waals surface area contributed by atoms with Gasteiger partial charge in [-0.05, 0) is 32.7 Å². The molecule has 0 radical (unpaired) electrons. The van der Waals surface area contributed by atoms with Crippen LogP contribution < -0.4 is 5.32 Å². The number of rotatable bonds is 1. The summed E-state index contributed by atoms with van der Waals surface area (Å²) < 4.78 is 0.330. The number of piperidine rings is 1. The molecule has 0 aromatic heterocycles. The molecule has 3 nitrogen and oxygen atoms in total. The Hall–Kier alpha value is -0.220. The van der Waals surface area contributed by atoms with Crippen LogP contribution in [0.5, 0.6) is 0 Å². The van der Waals surface area contributed by atoms with Crippen LogP contribution in [-0.2, 0) is 4.79 Å². The molecule has 0 bridgehead atoms. The van der Waals surface area contributed by atoms with Gasteiger partial charge in [-0.2, -0.15) is 11.8 Å². The number of thioether (sulfide) groups is 1. The molecule has 1 amide bonds. The minimum atomic E-state index is 0.257. The summed E-state index contributed by atoms with van der Waals surface area (Å²) in [4.78, 5) is 14.7. The van der Waals surface area contributed by atoms with Gasteiger partial charge in [0.25, 0.3) is 0 Å². The highest BCUT2D eigenvalue weighted by molar-refractivity contribution is 8.00. The average molecular weight is 270 g/mol. The largest absolute Gasteiger partial charge is 0.342 e. The minimum Gasteiger partial charge on any atom is -0.342 e. The van der Waals surface area contributed by atoms with Crippen LogP contribution in [0.15, 0.2) is 0 Å². The van der Waals surface area contributed by atoms with Gasteiger partial charge in [-0.1, -0.05) is 13.8 Å². The van der Waals surface area contributed by atoms with Gasteiger partial charge >= 0.3 is 0 Å². The first kappa shape index (κ1) is 14.2. The molecule has 18 heavy (non-hydrogen) atoms. The molecule has 2 heterocycles. The van der Waals surface area contributed by atoms with Crippen molar-refractivity contribution in [2.24, 2.45) is 5.92 Å². The van der Waals surface area contributed by atoms with Crippen LogP contribution in [0.1, 0.15) is 40.0 Å². The number of nitrogens with one attached hydrogen (secondary N) is 1. The van der Waals surface area contributed by atoms with Crippen molar-refractivity contribution in [3.63, 3.8) is 0 Å². The molecule has 4 heteroatoms. The van der Waals surface area contributed by atoms with Crippen molar-refractivity contribution in [2.45, 2.75) is 50.8 Å². The predicted molar refractivity (Wildman–Crippen MR) is 77.9 cm³/mol. The van der Waals surface area contributed by atoms with E-state index in [0.717, 1.165) is 44.6 Å². The number of hydrogen-bond donors (Lipinski definition) is 1. The van der Waals surface area contributed by atoms with Crippen molar-refractivity contribution in [3.05, 3.63) is 0 Å². The number of carbonyl (C=O) groups is 1. The number of hydrogen-bond acceptors (Lipinski definition) is 3. The van der Waals surface area contributed by atoms with Crippen molar-refractivity contribution in [1.29, 1.82) is 0 Å². The molecule has 104 valence electrons. The molecule has 2 unspecified atom stereocenters. The summed E-state index contributed by atoms with van der Waals surface area (Å²) in [6.45, 7) is 9.63. The molecule has 2 atom stereocenters. The standard InChI is InChI=1S/C14H26N2OS/c1-11-10-12(4-6-15-11)13(17)16-7-5-14(2,3)18-9-8-16/h11-12,15H,4-10H2,1-3H3. The third kappa shape index (κ3) is 3.64. The number of nitrogens with zero attached hydrogens (tertiary/aromatic N) is 1. The van der Waals surface area contributed by atoms with Crippen LogP contribution >= 0.6 is 11.8 Å². The fourth-order valence-corrected chi connectivity index (χ4v) is 3.95. The first-order valence-electron chi connectivity index (χ1n) is 7.14. The summed E-state index contributed by atoms with van der Waals surface area (Å²) in [5, 5.41) is 3.42. The van der Waals surface area contributed by atoms with Gasteiger partial charge in [-0.25, -0.2) is 0 Å². The lowest BCUT2D eigenvalue weighted by molar-refractivity contribution is -0.136. The van der Waals surface area contributed by atoms with Gasteiger partial charge in [0.2, 0.25) is 5.91 Å². The first-order valence-corrected chi connectivity index (χ1v) is 8.13. The van der Waals surface area contributed by atoms with Gasteiger partial charge in [0.15, 0.2) is 0 Å². The topological polar surface area (TPSA) is 32.3 Å². The van der Waals surface area contributed by atoms with Gasteiger partial charge in [0, 0.05) is 35.5 Å². The molecule has 2 aliphatic heterocycles. The van der Waals surface area contributed by atoms with Crippen LogP contribution in [0.25, 0.3) is 0 Å². The van der Waals surface area contributed by atoms with E-state index < -0.39 is 0 Å². The number of amides is 1. The molecule has 0 aromatic rings. The third-order valence-electron chi connectivity index (χ3n) is 4.12.